The van der Waals surface area contributed by atoms with E-state index >= 15 is 0 Å². The van der Waals surface area contributed by atoms with Crippen molar-refractivity contribution in [1.29, 1.82) is 5.26 Å². The third-order valence-corrected chi connectivity index (χ3v) is 3.22. The first-order chi connectivity index (χ1) is 9.52. The SMILES string of the molecule is CC(NCc1cc(C#N)n(C)c1)c1c(F)cccc1F. The molecule has 2 rings (SSSR count). The lowest BCUT2D eigenvalue weighted by atomic mass is 10.1. The summed E-state index contributed by atoms with van der Waals surface area (Å²) in [6.07, 6.45) is 1.82. The molecule has 0 radical (unpaired) electrons. The third-order valence-electron chi connectivity index (χ3n) is 3.22. The van der Waals surface area contributed by atoms with Gasteiger partial charge in [0, 0.05) is 31.4 Å². The van der Waals surface area contributed by atoms with Gasteiger partial charge in [-0.15, -0.1) is 0 Å². The first kappa shape index (κ1) is 14.2. The first-order valence-electron chi connectivity index (χ1n) is 6.25. The van der Waals surface area contributed by atoms with E-state index in [1.165, 1.54) is 18.2 Å². The standard InChI is InChI=1S/C15H15F2N3/c1-10(15-13(16)4-3-5-14(15)17)19-8-11-6-12(7-18)20(2)9-11/h3-6,9-10,19H,8H2,1-2H3. The molecule has 1 aromatic carbocycles. The summed E-state index contributed by atoms with van der Waals surface area (Å²) in [5.74, 6) is -1.12. The highest BCUT2D eigenvalue weighted by molar-refractivity contribution is 5.29. The van der Waals surface area contributed by atoms with E-state index in [1.807, 2.05) is 6.20 Å². The Hall–Kier alpha value is -2.19. The molecule has 1 heterocycles. The van der Waals surface area contributed by atoms with Crippen molar-refractivity contribution >= 4 is 0 Å². The molecule has 1 N–H and O–H groups in total. The number of nitriles is 1. The second-order valence-electron chi connectivity index (χ2n) is 4.69. The molecule has 0 saturated carbocycles. The number of aromatic nitrogens is 1. The van der Waals surface area contributed by atoms with Crippen LogP contribution in [0, 0.1) is 23.0 Å². The summed E-state index contributed by atoms with van der Waals surface area (Å²) in [6.45, 7) is 2.14. The van der Waals surface area contributed by atoms with E-state index in [4.69, 9.17) is 5.26 Å². The molecule has 0 aliphatic rings. The zero-order chi connectivity index (χ0) is 14.7. The molecule has 0 aliphatic heterocycles. The molecule has 0 aliphatic carbocycles. The number of benzene rings is 1. The molecule has 0 spiro atoms. The largest absolute Gasteiger partial charge is 0.342 e. The second-order valence-corrected chi connectivity index (χ2v) is 4.69. The first-order valence-corrected chi connectivity index (χ1v) is 6.25. The van der Waals surface area contributed by atoms with Gasteiger partial charge in [-0.1, -0.05) is 6.07 Å². The van der Waals surface area contributed by atoms with Gasteiger partial charge in [0.25, 0.3) is 0 Å². The van der Waals surface area contributed by atoms with Crippen molar-refractivity contribution in [1.82, 2.24) is 9.88 Å². The number of hydrogen-bond donors (Lipinski definition) is 1. The Morgan fingerprint density at radius 3 is 2.55 bits per heavy atom. The summed E-state index contributed by atoms with van der Waals surface area (Å²) in [5.41, 5.74) is 1.48. The van der Waals surface area contributed by atoms with Gasteiger partial charge >= 0.3 is 0 Å². The summed E-state index contributed by atoms with van der Waals surface area (Å²) in [4.78, 5) is 0. The molecule has 0 bridgehead atoms. The van der Waals surface area contributed by atoms with Crippen LogP contribution in [0.5, 0.6) is 0 Å². The molecular weight excluding hydrogens is 260 g/mol. The molecule has 1 unspecified atom stereocenters. The zero-order valence-electron chi connectivity index (χ0n) is 11.3. The van der Waals surface area contributed by atoms with Crippen LogP contribution in [-0.2, 0) is 13.6 Å². The molecule has 0 fully saturated rings. The molecule has 0 saturated heterocycles. The van der Waals surface area contributed by atoms with Crippen molar-refractivity contribution in [2.75, 3.05) is 0 Å². The lowest BCUT2D eigenvalue weighted by molar-refractivity contribution is 0.487. The van der Waals surface area contributed by atoms with Crippen LogP contribution in [0.15, 0.2) is 30.5 Å². The molecule has 1 aromatic heterocycles. The highest BCUT2D eigenvalue weighted by atomic mass is 19.1. The van der Waals surface area contributed by atoms with E-state index in [1.54, 1.807) is 24.6 Å². The average molecular weight is 275 g/mol. The van der Waals surface area contributed by atoms with Crippen molar-refractivity contribution in [2.24, 2.45) is 7.05 Å². The maximum Gasteiger partial charge on any atom is 0.130 e. The molecular formula is C15H15F2N3. The number of nitrogens with one attached hydrogen (secondary N) is 1. The van der Waals surface area contributed by atoms with Gasteiger partial charge in [0.05, 0.1) is 0 Å². The van der Waals surface area contributed by atoms with Crippen molar-refractivity contribution in [3.63, 3.8) is 0 Å². The molecule has 5 heteroatoms. The fourth-order valence-electron chi connectivity index (χ4n) is 2.14. The van der Waals surface area contributed by atoms with E-state index in [0.717, 1.165) is 5.56 Å². The smallest absolute Gasteiger partial charge is 0.130 e. The molecule has 104 valence electrons. The maximum absolute atomic E-state index is 13.6. The quantitative estimate of drug-likeness (QED) is 0.931. The lowest BCUT2D eigenvalue weighted by Crippen LogP contribution is -2.20. The summed E-state index contributed by atoms with van der Waals surface area (Å²) in [5, 5.41) is 11.9. The lowest BCUT2D eigenvalue weighted by Gasteiger charge is -2.15. The minimum atomic E-state index is -0.559. The van der Waals surface area contributed by atoms with Gasteiger partial charge < -0.3 is 9.88 Å². The molecule has 3 nitrogen and oxygen atoms in total. The van der Waals surface area contributed by atoms with Gasteiger partial charge in [-0.2, -0.15) is 5.26 Å². The Bertz CT molecular complexity index is 635. The van der Waals surface area contributed by atoms with Crippen LogP contribution < -0.4 is 5.32 Å². The third kappa shape index (κ3) is 2.86. The van der Waals surface area contributed by atoms with Crippen molar-refractivity contribution in [3.05, 3.63) is 58.9 Å². The van der Waals surface area contributed by atoms with Crippen LogP contribution in [0.25, 0.3) is 0 Å². The Balaban J connectivity index is 2.09. The average Bonchev–Trinajstić information content (AvgIpc) is 2.76. The Morgan fingerprint density at radius 2 is 2.00 bits per heavy atom. The maximum atomic E-state index is 13.6. The van der Waals surface area contributed by atoms with Gasteiger partial charge in [-0.25, -0.2) is 8.78 Å². The van der Waals surface area contributed by atoms with Crippen LogP contribution in [0.2, 0.25) is 0 Å². The van der Waals surface area contributed by atoms with Gasteiger partial charge in [-0.3, -0.25) is 0 Å². The highest BCUT2D eigenvalue weighted by Gasteiger charge is 2.15. The van der Waals surface area contributed by atoms with Crippen molar-refractivity contribution in [3.8, 4) is 6.07 Å². The topological polar surface area (TPSA) is 40.8 Å². The van der Waals surface area contributed by atoms with E-state index < -0.39 is 17.7 Å². The fraction of sp³-hybridized carbons (Fsp3) is 0.267. The van der Waals surface area contributed by atoms with Crippen LogP contribution >= 0.6 is 0 Å². The fourth-order valence-corrected chi connectivity index (χ4v) is 2.14. The number of rotatable bonds is 4. The van der Waals surface area contributed by atoms with E-state index in [-0.39, 0.29) is 5.56 Å². The van der Waals surface area contributed by atoms with Crippen LogP contribution in [0.3, 0.4) is 0 Å². The zero-order valence-corrected chi connectivity index (χ0v) is 11.3. The molecule has 2 aromatic rings. The molecule has 20 heavy (non-hydrogen) atoms. The van der Waals surface area contributed by atoms with E-state index in [9.17, 15) is 8.78 Å². The summed E-state index contributed by atoms with van der Waals surface area (Å²) < 4.78 is 29.0. The summed E-state index contributed by atoms with van der Waals surface area (Å²) in [6, 6.07) is 7.19. The van der Waals surface area contributed by atoms with Gasteiger partial charge in [0.2, 0.25) is 0 Å². The van der Waals surface area contributed by atoms with Gasteiger partial charge in [-0.05, 0) is 30.7 Å². The Kier molecular flexibility index (Phi) is 4.16. The Labute approximate surface area is 116 Å². The molecule has 0 amide bonds. The number of halogens is 2. The molecule has 1 atom stereocenters. The minimum absolute atomic E-state index is 0.0314. The number of aryl methyl sites for hydroxylation is 1. The number of nitrogens with zero attached hydrogens (tertiary/aromatic N) is 2. The van der Waals surface area contributed by atoms with Gasteiger partial charge in [0.15, 0.2) is 0 Å². The minimum Gasteiger partial charge on any atom is -0.342 e. The van der Waals surface area contributed by atoms with Gasteiger partial charge in [0.1, 0.15) is 23.4 Å². The Morgan fingerprint density at radius 1 is 1.35 bits per heavy atom. The van der Waals surface area contributed by atoms with Crippen molar-refractivity contribution < 1.29 is 8.78 Å². The number of hydrogen-bond acceptors (Lipinski definition) is 2. The second kappa shape index (κ2) is 5.85. The summed E-state index contributed by atoms with van der Waals surface area (Å²) >= 11 is 0. The van der Waals surface area contributed by atoms with Crippen LogP contribution in [0.4, 0.5) is 8.78 Å². The monoisotopic (exact) mass is 275 g/mol. The highest BCUT2D eigenvalue weighted by Crippen LogP contribution is 2.20. The van der Waals surface area contributed by atoms with Crippen LogP contribution in [-0.4, -0.2) is 4.57 Å². The summed E-state index contributed by atoms with van der Waals surface area (Å²) in [7, 11) is 1.78. The normalized spacial score (nSPS) is 12.2. The van der Waals surface area contributed by atoms with E-state index in [2.05, 4.69) is 11.4 Å². The predicted molar refractivity (Wildman–Crippen MR) is 71.7 cm³/mol. The van der Waals surface area contributed by atoms with Crippen LogP contribution in [0.1, 0.15) is 29.8 Å². The predicted octanol–water partition coefficient (Wildman–Crippen LogP) is 3.03. The van der Waals surface area contributed by atoms with Crippen molar-refractivity contribution in [2.45, 2.75) is 19.5 Å². The van der Waals surface area contributed by atoms with E-state index in [0.29, 0.717) is 12.2 Å².